The topological polar surface area (TPSA) is 47.3 Å². The van der Waals surface area contributed by atoms with E-state index in [0.717, 1.165) is 12.2 Å². The van der Waals surface area contributed by atoms with Gasteiger partial charge in [0.05, 0.1) is 6.10 Å². The third kappa shape index (κ3) is 5.14. The van der Waals surface area contributed by atoms with E-state index in [1.165, 1.54) is 24.8 Å². The van der Waals surface area contributed by atoms with E-state index >= 15 is 0 Å². The van der Waals surface area contributed by atoms with Crippen molar-refractivity contribution in [2.24, 2.45) is 11.8 Å². The Morgan fingerprint density at radius 2 is 1.80 bits per heavy atom. The first-order chi connectivity index (χ1) is 9.62. The monoisotopic (exact) mass is 278 g/mol. The Labute approximate surface area is 123 Å². The first kappa shape index (κ1) is 17.0. The van der Waals surface area contributed by atoms with Crippen LogP contribution in [0.4, 0.5) is 0 Å². The number of nitrogens with one attached hydrogen (secondary N) is 1. The standard InChI is InChI=1S/C17H30N2O/c1-5-7-8-14(6-2)17(19-18)15-9-11-16(12-10-15)20-13(3)4/h9-14,17,19H,5-8,18H2,1-4H3. The van der Waals surface area contributed by atoms with Crippen molar-refractivity contribution in [1.82, 2.24) is 5.43 Å². The van der Waals surface area contributed by atoms with Gasteiger partial charge in [0.2, 0.25) is 0 Å². The molecule has 0 aliphatic carbocycles. The highest BCUT2D eigenvalue weighted by molar-refractivity contribution is 5.29. The van der Waals surface area contributed by atoms with Crippen LogP contribution in [-0.2, 0) is 0 Å². The molecule has 0 saturated heterocycles. The summed E-state index contributed by atoms with van der Waals surface area (Å²) in [5.74, 6) is 7.29. The summed E-state index contributed by atoms with van der Waals surface area (Å²) in [5.41, 5.74) is 4.24. The molecule has 0 bridgehead atoms. The zero-order valence-corrected chi connectivity index (χ0v) is 13.4. The van der Waals surface area contributed by atoms with Gasteiger partial charge in [-0.15, -0.1) is 0 Å². The fourth-order valence-electron chi connectivity index (χ4n) is 2.60. The smallest absolute Gasteiger partial charge is 0.119 e. The Bertz CT molecular complexity index is 362. The molecule has 1 aromatic carbocycles. The second-order valence-electron chi connectivity index (χ2n) is 5.69. The SMILES string of the molecule is CCCCC(CC)C(NN)c1ccc(OC(C)C)cc1. The highest BCUT2D eigenvalue weighted by atomic mass is 16.5. The van der Waals surface area contributed by atoms with Crippen LogP contribution in [0.3, 0.4) is 0 Å². The molecular weight excluding hydrogens is 248 g/mol. The number of hydrogen-bond donors (Lipinski definition) is 2. The minimum Gasteiger partial charge on any atom is -0.491 e. The molecule has 0 aliphatic rings. The lowest BCUT2D eigenvalue weighted by atomic mass is 9.87. The van der Waals surface area contributed by atoms with Gasteiger partial charge in [0.25, 0.3) is 0 Å². The summed E-state index contributed by atoms with van der Waals surface area (Å²) in [6.45, 7) is 8.54. The van der Waals surface area contributed by atoms with E-state index in [2.05, 4.69) is 31.4 Å². The van der Waals surface area contributed by atoms with Crippen molar-refractivity contribution in [2.75, 3.05) is 0 Å². The lowest BCUT2D eigenvalue weighted by Crippen LogP contribution is -2.33. The largest absolute Gasteiger partial charge is 0.491 e. The van der Waals surface area contributed by atoms with E-state index in [9.17, 15) is 0 Å². The summed E-state index contributed by atoms with van der Waals surface area (Å²) in [6.07, 6.45) is 5.04. The molecule has 2 atom stereocenters. The van der Waals surface area contributed by atoms with Crippen molar-refractivity contribution in [3.8, 4) is 5.75 Å². The van der Waals surface area contributed by atoms with Crippen LogP contribution in [0.2, 0.25) is 0 Å². The summed E-state index contributed by atoms with van der Waals surface area (Å²) in [6, 6.07) is 8.53. The molecule has 0 spiro atoms. The molecule has 0 fully saturated rings. The lowest BCUT2D eigenvalue weighted by molar-refractivity contribution is 0.242. The quantitative estimate of drug-likeness (QED) is 0.526. The van der Waals surface area contributed by atoms with Gasteiger partial charge in [-0.2, -0.15) is 0 Å². The molecular formula is C17H30N2O. The second-order valence-corrected chi connectivity index (χ2v) is 5.69. The molecule has 114 valence electrons. The van der Waals surface area contributed by atoms with E-state index in [-0.39, 0.29) is 12.1 Å². The van der Waals surface area contributed by atoms with Gasteiger partial charge < -0.3 is 4.74 Å². The zero-order chi connectivity index (χ0) is 15.0. The molecule has 0 heterocycles. The molecule has 0 aromatic heterocycles. The maximum Gasteiger partial charge on any atom is 0.119 e. The molecule has 20 heavy (non-hydrogen) atoms. The summed E-state index contributed by atoms with van der Waals surface area (Å²) in [7, 11) is 0. The van der Waals surface area contributed by atoms with Crippen molar-refractivity contribution in [1.29, 1.82) is 0 Å². The fraction of sp³-hybridized carbons (Fsp3) is 0.647. The third-order valence-electron chi connectivity index (χ3n) is 3.71. The van der Waals surface area contributed by atoms with E-state index in [1.807, 2.05) is 26.0 Å². The Morgan fingerprint density at radius 3 is 2.25 bits per heavy atom. The van der Waals surface area contributed by atoms with Crippen LogP contribution in [0.1, 0.15) is 65.0 Å². The number of unbranched alkanes of at least 4 members (excludes halogenated alkanes) is 1. The van der Waals surface area contributed by atoms with Gasteiger partial charge in [-0.05, 0) is 43.9 Å². The molecule has 1 aromatic rings. The Balaban J connectivity index is 2.77. The van der Waals surface area contributed by atoms with Crippen LogP contribution in [0.25, 0.3) is 0 Å². The average molecular weight is 278 g/mol. The van der Waals surface area contributed by atoms with Gasteiger partial charge in [-0.3, -0.25) is 11.3 Å². The fourth-order valence-corrected chi connectivity index (χ4v) is 2.60. The maximum atomic E-state index is 5.79. The van der Waals surface area contributed by atoms with Gasteiger partial charge in [-0.25, -0.2) is 0 Å². The van der Waals surface area contributed by atoms with E-state index < -0.39 is 0 Å². The van der Waals surface area contributed by atoms with Crippen LogP contribution < -0.4 is 16.0 Å². The first-order valence-corrected chi connectivity index (χ1v) is 7.85. The summed E-state index contributed by atoms with van der Waals surface area (Å²) in [5, 5.41) is 0. The Hall–Kier alpha value is -1.06. The van der Waals surface area contributed by atoms with Crippen molar-refractivity contribution in [3.05, 3.63) is 29.8 Å². The van der Waals surface area contributed by atoms with Gasteiger partial charge in [0, 0.05) is 6.04 Å². The Kier molecular flexibility index (Phi) is 7.63. The van der Waals surface area contributed by atoms with E-state index in [0.29, 0.717) is 5.92 Å². The molecule has 0 saturated carbocycles. The first-order valence-electron chi connectivity index (χ1n) is 7.85. The van der Waals surface area contributed by atoms with Crippen LogP contribution in [0.15, 0.2) is 24.3 Å². The normalized spacial score (nSPS) is 14.3. The maximum absolute atomic E-state index is 5.79. The van der Waals surface area contributed by atoms with Crippen molar-refractivity contribution >= 4 is 0 Å². The van der Waals surface area contributed by atoms with Gasteiger partial charge in [0.1, 0.15) is 5.75 Å². The van der Waals surface area contributed by atoms with Gasteiger partial charge >= 0.3 is 0 Å². The highest BCUT2D eigenvalue weighted by Crippen LogP contribution is 2.29. The van der Waals surface area contributed by atoms with Crippen LogP contribution in [-0.4, -0.2) is 6.10 Å². The van der Waals surface area contributed by atoms with E-state index in [4.69, 9.17) is 10.6 Å². The van der Waals surface area contributed by atoms with Crippen LogP contribution in [0, 0.1) is 5.92 Å². The second kappa shape index (κ2) is 8.98. The average Bonchev–Trinajstić information content (AvgIpc) is 2.44. The minimum atomic E-state index is 0.206. The Morgan fingerprint density at radius 1 is 1.15 bits per heavy atom. The predicted octanol–water partition coefficient (Wildman–Crippen LogP) is 4.19. The number of hydrogen-bond acceptors (Lipinski definition) is 3. The van der Waals surface area contributed by atoms with Crippen molar-refractivity contribution in [2.45, 2.75) is 65.5 Å². The predicted molar refractivity (Wildman–Crippen MR) is 85.6 cm³/mol. The number of benzene rings is 1. The molecule has 1 rings (SSSR count). The van der Waals surface area contributed by atoms with Crippen molar-refractivity contribution in [3.63, 3.8) is 0 Å². The van der Waals surface area contributed by atoms with Gasteiger partial charge in [-0.1, -0.05) is 45.2 Å². The zero-order valence-electron chi connectivity index (χ0n) is 13.4. The number of rotatable bonds is 9. The molecule has 3 nitrogen and oxygen atoms in total. The van der Waals surface area contributed by atoms with Crippen LogP contribution >= 0.6 is 0 Å². The summed E-state index contributed by atoms with van der Waals surface area (Å²) in [4.78, 5) is 0. The van der Waals surface area contributed by atoms with Crippen LogP contribution in [0.5, 0.6) is 5.75 Å². The summed E-state index contributed by atoms with van der Waals surface area (Å²) >= 11 is 0. The molecule has 0 radical (unpaired) electrons. The van der Waals surface area contributed by atoms with Crippen molar-refractivity contribution < 1.29 is 4.74 Å². The molecule has 0 amide bonds. The number of ether oxygens (including phenoxy) is 1. The lowest BCUT2D eigenvalue weighted by Gasteiger charge is -2.26. The molecule has 3 N–H and O–H groups in total. The third-order valence-corrected chi connectivity index (χ3v) is 3.71. The molecule has 3 heteroatoms. The number of hydrazine groups is 1. The van der Waals surface area contributed by atoms with Gasteiger partial charge in [0.15, 0.2) is 0 Å². The summed E-state index contributed by atoms with van der Waals surface area (Å²) < 4.78 is 5.68. The molecule has 2 unspecified atom stereocenters. The highest BCUT2D eigenvalue weighted by Gasteiger charge is 2.20. The molecule has 0 aliphatic heterocycles. The van der Waals surface area contributed by atoms with E-state index in [1.54, 1.807) is 0 Å². The number of nitrogens with two attached hydrogens (primary N) is 1. The minimum absolute atomic E-state index is 0.206.